The van der Waals surface area contributed by atoms with E-state index < -0.39 is 74.3 Å². The highest BCUT2D eigenvalue weighted by Crippen LogP contribution is 2.43. The molecule has 0 saturated heterocycles. The van der Waals surface area contributed by atoms with Crippen molar-refractivity contribution in [2.45, 2.75) is 99.1 Å². The summed E-state index contributed by atoms with van der Waals surface area (Å²) >= 11 is 0. The van der Waals surface area contributed by atoms with Crippen molar-refractivity contribution in [2.75, 3.05) is 0 Å². The van der Waals surface area contributed by atoms with Gasteiger partial charge < -0.3 is 4.74 Å². The van der Waals surface area contributed by atoms with E-state index in [1.165, 1.54) is 30.5 Å². The monoisotopic (exact) mass is 1060 g/mol. The van der Waals surface area contributed by atoms with Crippen LogP contribution in [0.1, 0.15) is 122 Å². The minimum absolute atomic E-state index is 0.0159. The number of hydrogen-bond donors (Lipinski definition) is 0. The summed E-state index contributed by atoms with van der Waals surface area (Å²) in [5, 5.41) is 1.55. The number of hydrogen-bond acceptors (Lipinski definition) is 2. The molecule has 396 valence electrons. The molecule has 3 heterocycles. The van der Waals surface area contributed by atoms with Gasteiger partial charge in [-0.3, -0.25) is 13.7 Å². The first-order valence-corrected chi connectivity index (χ1v) is 26.5. The summed E-state index contributed by atoms with van der Waals surface area (Å²) in [6, 6.07) is 35.9. The van der Waals surface area contributed by atoms with Crippen LogP contribution in [0.25, 0.3) is 94.5 Å². The Bertz CT molecular complexity index is 5200. The third-order valence-corrected chi connectivity index (χ3v) is 14.8. The smallest absolute Gasteiger partial charge is 0.269 e. The standard InChI is InChI=1S/C75H70N4O/c1-48-23-21-24-49(2)71(48)53-33-36-67-69(42-53)77(47-78(67)72-63(55-38-56(73(4,5)6)43-57(39-55)74(7,8)9)40-54(41-65(72)75(10,11)12)51-25-15-13-16-26-51)58-29-22-30-59(44-58)80-60-34-35-62-61-31-19-20-32-66(61)79(68(62)45-60)70-37-50(3)64(46-76-70)52-27-17-14-18-28-52/h13-46H,1-12H3/i1D3,2D3,3D3,13D,14D,15D,16D,17D,18D,25D,26D,27D,28D. The van der Waals surface area contributed by atoms with Crippen LogP contribution >= 0.6 is 0 Å². The fourth-order valence-electron chi connectivity index (χ4n) is 10.6. The number of aryl methyl sites for hydroxylation is 3. The first-order chi connectivity index (χ1) is 46.1. The lowest BCUT2D eigenvalue weighted by molar-refractivity contribution is -0.572. The van der Waals surface area contributed by atoms with E-state index in [-0.39, 0.29) is 67.7 Å². The minimum Gasteiger partial charge on any atom is -0.458 e. The summed E-state index contributed by atoms with van der Waals surface area (Å²) in [4.78, 5) is 4.74. The van der Waals surface area contributed by atoms with Gasteiger partial charge in [0.15, 0.2) is 0 Å². The molecule has 0 fully saturated rings. The van der Waals surface area contributed by atoms with Crippen LogP contribution in [0.3, 0.4) is 0 Å². The summed E-state index contributed by atoms with van der Waals surface area (Å²) < 4.78 is 178. The highest BCUT2D eigenvalue weighted by Gasteiger charge is 2.29. The zero-order valence-corrected chi connectivity index (χ0v) is 46.1. The molecule has 12 rings (SSSR count). The van der Waals surface area contributed by atoms with Crippen LogP contribution in [0.15, 0.2) is 206 Å². The van der Waals surface area contributed by atoms with Crippen molar-refractivity contribution < 1.29 is 35.3 Å². The molecule has 0 unspecified atom stereocenters. The Hall–Kier alpha value is -8.80. The SMILES string of the molecule is [2H]c1c([2H])c([2H])c(-c2cc(-c3cc(C(C)(C)C)cc(C(C)(C)C)c3)c(-[n+]3[c-]n(-c4cccc(Oc5ccc6c7ccccc7n(-c7cc(C([2H])([2H])[2H])c(-c8c([2H])c([2H])c([2H])c([2H])c8[2H])cn7)c6c5)c4)c4cc(-c5c(C([2H])([2H])[2H])cccc5C([2H])([2H])[2H])ccc43)c(C(C)(C)C)c2)c([2H])c1[2H]. The van der Waals surface area contributed by atoms with Crippen molar-refractivity contribution in [2.24, 2.45) is 0 Å². The van der Waals surface area contributed by atoms with Gasteiger partial charge in [0.2, 0.25) is 0 Å². The summed E-state index contributed by atoms with van der Waals surface area (Å²) in [6.07, 6.45) is 4.93. The van der Waals surface area contributed by atoms with Gasteiger partial charge >= 0.3 is 0 Å². The molecule has 0 radical (unpaired) electrons. The molecule has 0 amide bonds. The normalized spacial score (nSPS) is 16.1. The van der Waals surface area contributed by atoms with Crippen LogP contribution < -0.4 is 9.30 Å². The Morgan fingerprint density at radius 1 is 0.500 bits per heavy atom. The Morgan fingerprint density at radius 3 is 1.85 bits per heavy atom. The molecule has 0 aliphatic rings. The number of fused-ring (bicyclic) bond motifs is 4. The summed E-state index contributed by atoms with van der Waals surface area (Å²) in [5.74, 6) is 0.845. The highest BCUT2D eigenvalue weighted by atomic mass is 16.5. The number of aromatic nitrogens is 4. The predicted octanol–water partition coefficient (Wildman–Crippen LogP) is 19.5. The molecule has 5 heteroatoms. The van der Waals surface area contributed by atoms with E-state index in [4.69, 9.17) is 33.0 Å². The van der Waals surface area contributed by atoms with Crippen LogP contribution in [0, 0.1) is 26.9 Å². The van der Waals surface area contributed by atoms with Gasteiger partial charge in [-0.25, -0.2) is 4.98 Å². The molecular weight excluding hydrogens is 973 g/mol. The molecule has 0 aliphatic heterocycles. The lowest BCUT2D eigenvalue weighted by Gasteiger charge is -2.30. The second kappa shape index (κ2) is 19.8. The molecule has 12 aromatic rings. The van der Waals surface area contributed by atoms with Gasteiger partial charge in [0, 0.05) is 40.9 Å². The molecule has 0 atom stereocenters. The number of rotatable bonds is 9. The maximum absolute atomic E-state index is 9.29. The van der Waals surface area contributed by atoms with Crippen LogP contribution in [0.4, 0.5) is 0 Å². The van der Waals surface area contributed by atoms with Gasteiger partial charge in [-0.15, -0.1) is 0 Å². The van der Waals surface area contributed by atoms with E-state index in [2.05, 4.69) is 66.1 Å². The van der Waals surface area contributed by atoms with Gasteiger partial charge in [-0.05, 0) is 164 Å². The molecule has 0 N–H and O–H groups in total. The number of pyridine rings is 1. The van der Waals surface area contributed by atoms with E-state index in [1.54, 1.807) is 57.7 Å². The summed E-state index contributed by atoms with van der Waals surface area (Å²) in [6.45, 7) is 10.5. The molecule has 3 aromatic heterocycles. The molecule has 9 aromatic carbocycles. The van der Waals surface area contributed by atoms with Gasteiger partial charge in [0.1, 0.15) is 17.3 Å². The van der Waals surface area contributed by atoms with Gasteiger partial charge in [-0.2, -0.15) is 0 Å². The van der Waals surface area contributed by atoms with Crippen LogP contribution in [-0.4, -0.2) is 14.1 Å². The topological polar surface area (TPSA) is 35.9 Å². The molecule has 80 heavy (non-hydrogen) atoms. The van der Waals surface area contributed by atoms with Crippen molar-refractivity contribution in [1.29, 1.82) is 0 Å². The first-order valence-electron chi connectivity index (χ1n) is 36.0. The Balaban J connectivity index is 1.11. The lowest BCUT2D eigenvalue weighted by Crippen LogP contribution is -2.35. The van der Waals surface area contributed by atoms with E-state index in [1.807, 2.05) is 73.9 Å². The molecule has 0 aliphatic carbocycles. The Labute approximate surface area is 499 Å². The quantitative estimate of drug-likeness (QED) is 0.107. The molecule has 5 nitrogen and oxygen atoms in total. The largest absolute Gasteiger partial charge is 0.458 e. The van der Waals surface area contributed by atoms with E-state index in [0.717, 1.165) is 27.5 Å². The lowest BCUT2D eigenvalue weighted by atomic mass is 9.77. The van der Waals surface area contributed by atoms with Crippen molar-refractivity contribution in [1.82, 2.24) is 14.1 Å². The molecule has 0 spiro atoms. The second-order valence-corrected chi connectivity index (χ2v) is 23.4. The zero-order chi connectivity index (χ0) is 72.0. The van der Waals surface area contributed by atoms with Crippen LogP contribution in [0.5, 0.6) is 11.5 Å². The molecule has 0 bridgehead atoms. The number of benzene rings is 9. The number of para-hydroxylation sites is 1. The van der Waals surface area contributed by atoms with Crippen LogP contribution in [0.2, 0.25) is 0 Å². The van der Waals surface area contributed by atoms with Gasteiger partial charge in [-0.1, -0.05) is 202 Å². The Morgan fingerprint density at radius 2 is 1.16 bits per heavy atom. The second-order valence-electron chi connectivity index (χ2n) is 23.4. The van der Waals surface area contributed by atoms with Gasteiger partial charge in [0.25, 0.3) is 6.33 Å². The number of imidazole rings is 1. The zero-order valence-electron chi connectivity index (χ0n) is 65.1. The fraction of sp³-hybridized carbons (Fsp3) is 0.200. The average Bonchev–Trinajstić information content (AvgIpc) is 1.17. The maximum Gasteiger partial charge on any atom is 0.269 e. The predicted molar refractivity (Wildman–Crippen MR) is 334 cm³/mol. The van der Waals surface area contributed by atoms with Crippen molar-refractivity contribution >= 4 is 32.8 Å². The fourth-order valence-corrected chi connectivity index (χ4v) is 10.6. The molecular formula is C75H70N4O. The van der Waals surface area contributed by atoms with Crippen molar-refractivity contribution in [3.63, 3.8) is 0 Å². The van der Waals surface area contributed by atoms with E-state index >= 15 is 0 Å². The Kier molecular flexibility index (Phi) is 8.49. The summed E-state index contributed by atoms with van der Waals surface area (Å²) in [7, 11) is 0. The van der Waals surface area contributed by atoms with E-state index in [9.17, 15) is 2.74 Å². The van der Waals surface area contributed by atoms with E-state index in [0.29, 0.717) is 67.2 Å². The third kappa shape index (κ3) is 9.59. The van der Waals surface area contributed by atoms with Gasteiger partial charge in [0.05, 0.1) is 47.1 Å². The number of ether oxygens (including phenoxy) is 1. The highest BCUT2D eigenvalue weighted by molar-refractivity contribution is 6.09. The maximum atomic E-state index is 9.29. The first kappa shape index (κ1) is 34.3. The minimum atomic E-state index is -2.84. The van der Waals surface area contributed by atoms with Crippen molar-refractivity contribution in [3.05, 3.63) is 246 Å². The van der Waals surface area contributed by atoms with Crippen molar-refractivity contribution in [3.8, 4) is 73.2 Å². The van der Waals surface area contributed by atoms with Crippen LogP contribution in [-0.2, 0) is 16.2 Å². The average molecular weight is 1060 g/mol. The number of nitrogens with zero attached hydrogens (tertiary/aromatic N) is 4. The molecule has 0 saturated carbocycles. The summed E-state index contributed by atoms with van der Waals surface area (Å²) in [5.41, 5.74) is 5.59. The third-order valence-electron chi connectivity index (χ3n) is 14.8.